The van der Waals surface area contributed by atoms with Crippen molar-refractivity contribution in [2.24, 2.45) is 10.7 Å². The zero-order chi connectivity index (χ0) is 37.7. The lowest BCUT2D eigenvalue weighted by Gasteiger charge is -2.35. The first-order chi connectivity index (χ1) is 27.7. The summed E-state index contributed by atoms with van der Waals surface area (Å²) in [6.07, 6.45) is 13.5. The van der Waals surface area contributed by atoms with E-state index in [1.54, 1.807) is 0 Å². The standard InChI is InChI=1S/C54H44N2/c55-53(44-19-8-4-9-20-44)56-51(38-29-39-17-6-3-7-18-39)43-36-32-41(33-37-43)40-30-34-42(35-31-40)47-26-16-28-50-52(47)48-25-14-15-27-49(48)54(50,46-23-12-5-13-24-46)45-21-10-1-2-11-22-45/h3-10,12-28,30-38H,1-2,11,29H2,(H2,55,56)/b51-38-. The number of hydrogen-bond donors (Lipinski definition) is 1. The number of amidine groups is 1. The van der Waals surface area contributed by atoms with Crippen LogP contribution in [0.25, 0.3) is 39.1 Å². The lowest BCUT2D eigenvalue weighted by atomic mass is 9.67. The summed E-state index contributed by atoms with van der Waals surface area (Å²) in [5, 5.41) is 0. The summed E-state index contributed by atoms with van der Waals surface area (Å²) in [5.41, 5.74) is 23.0. The lowest BCUT2D eigenvalue weighted by Crippen LogP contribution is -2.29. The second kappa shape index (κ2) is 15.5. The smallest absolute Gasteiger partial charge is 0.131 e. The molecule has 0 saturated heterocycles. The highest BCUT2D eigenvalue weighted by molar-refractivity contribution is 6.00. The van der Waals surface area contributed by atoms with Gasteiger partial charge in [0.2, 0.25) is 0 Å². The van der Waals surface area contributed by atoms with Crippen LogP contribution in [0.1, 0.15) is 52.6 Å². The Morgan fingerprint density at radius 1 is 0.554 bits per heavy atom. The lowest BCUT2D eigenvalue weighted by molar-refractivity contribution is 0.760. The summed E-state index contributed by atoms with van der Waals surface area (Å²) < 4.78 is 0. The number of allylic oxidation sites excluding steroid dienone is 5. The summed E-state index contributed by atoms with van der Waals surface area (Å²) in [6, 6.07) is 65.3. The van der Waals surface area contributed by atoms with Gasteiger partial charge in [-0.3, -0.25) is 0 Å². The molecular weight excluding hydrogens is 677 g/mol. The van der Waals surface area contributed by atoms with E-state index in [4.69, 9.17) is 10.7 Å². The van der Waals surface area contributed by atoms with Crippen LogP contribution in [-0.2, 0) is 11.8 Å². The molecule has 9 rings (SSSR count). The van der Waals surface area contributed by atoms with Crippen LogP contribution in [-0.4, -0.2) is 5.84 Å². The van der Waals surface area contributed by atoms with E-state index in [2.05, 4.69) is 170 Å². The second-order valence-corrected chi connectivity index (χ2v) is 14.7. The molecule has 1 unspecified atom stereocenters. The van der Waals surface area contributed by atoms with E-state index in [0.29, 0.717) is 5.84 Å². The maximum absolute atomic E-state index is 6.54. The van der Waals surface area contributed by atoms with Gasteiger partial charge in [-0.15, -0.1) is 0 Å². The molecule has 2 heteroatoms. The Morgan fingerprint density at radius 2 is 1.16 bits per heavy atom. The van der Waals surface area contributed by atoms with Crippen LogP contribution in [0, 0.1) is 0 Å². The van der Waals surface area contributed by atoms with E-state index < -0.39 is 0 Å². The Morgan fingerprint density at radius 3 is 1.91 bits per heavy atom. The Labute approximate surface area is 330 Å². The van der Waals surface area contributed by atoms with Gasteiger partial charge in [0, 0.05) is 5.56 Å². The zero-order valence-corrected chi connectivity index (χ0v) is 31.5. The monoisotopic (exact) mass is 720 g/mol. The van der Waals surface area contributed by atoms with Crippen LogP contribution in [0.3, 0.4) is 0 Å². The van der Waals surface area contributed by atoms with E-state index >= 15 is 0 Å². The quantitative estimate of drug-likeness (QED) is 0.117. The molecule has 7 aromatic rings. The highest BCUT2D eigenvalue weighted by atomic mass is 14.9. The normalized spacial score (nSPS) is 16.5. The van der Waals surface area contributed by atoms with Gasteiger partial charge in [0.25, 0.3) is 0 Å². The molecule has 2 N–H and O–H groups in total. The van der Waals surface area contributed by atoms with E-state index in [9.17, 15) is 0 Å². The number of aliphatic imine (C=N–C) groups is 1. The van der Waals surface area contributed by atoms with Crippen molar-refractivity contribution in [2.45, 2.75) is 31.1 Å². The van der Waals surface area contributed by atoms with Crippen LogP contribution in [0.15, 0.2) is 217 Å². The average Bonchev–Trinajstić information content (AvgIpc) is 3.36. The molecule has 0 radical (unpaired) electrons. The molecule has 2 aliphatic rings. The van der Waals surface area contributed by atoms with Crippen molar-refractivity contribution in [2.75, 3.05) is 0 Å². The van der Waals surface area contributed by atoms with Crippen molar-refractivity contribution in [3.63, 3.8) is 0 Å². The molecule has 2 nitrogen and oxygen atoms in total. The SMILES string of the molecule is NC(=N/C(=C\Cc1ccccc1)c1ccc(-c2ccc(-c3cccc4c3-c3ccccc3C4(C3=CCCCC=C3)c3ccccc3)cc2)cc1)c1ccccc1. The average molecular weight is 721 g/mol. The maximum Gasteiger partial charge on any atom is 0.131 e. The van der Waals surface area contributed by atoms with Crippen LogP contribution < -0.4 is 5.73 Å². The van der Waals surface area contributed by atoms with Crippen LogP contribution in [0.5, 0.6) is 0 Å². The van der Waals surface area contributed by atoms with Gasteiger partial charge < -0.3 is 5.73 Å². The van der Waals surface area contributed by atoms with Crippen LogP contribution in [0.4, 0.5) is 0 Å². The van der Waals surface area contributed by atoms with Crippen molar-refractivity contribution < 1.29 is 0 Å². The topological polar surface area (TPSA) is 38.4 Å². The van der Waals surface area contributed by atoms with Gasteiger partial charge in [-0.25, -0.2) is 4.99 Å². The fourth-order valence-electron chi connectivity index (χ4n) is 8.63. The van der Waals surface area contributed by atoms with Crippen molar-refractivity contribution in [3.05, 3.63) is 245 Å². The third-order valence-corrected chi connectivity index (χ3v) is 11.3. The summed E-state index contributed by atoms with van der Waals surface area (Å²) in [5.74, 6) is 0.503. The Bertz CT molecular complexity index is 2590. The molecule has 56 heavy (non-hydrogen) atoms. The largest absolute Gasteiger partial charge is 0.383 e. The molecule has 0 fully saturated rings. The molecule has 0 aliphatic heterocycles. The third-order valence-electron chi connectivity index (χ3n) is 11.3. The van der Waals surface area contributed by atoms with Gasteiger partial charge in [0.05, 0.1) is 11.1 Å². The van der Waals surface area contributed by atoms with Crippen molar-refractivity contribution in [1.82, 2.24) is 0 Å². The molecule has 2 aliphatic carbocycles. The highest BCUT2D eigenvalue weighted by Gasteiger charge is 2.47. The minimum atomic E-state index is -0.379. The number of nitrogens with zero attached hydrogens (tertiary/aromatic N) is 1. The van der Waals surface area contributed by atoms with Gasteiger partial charge in [-0.1, -0.05) is 206 Å². The van der Waals surface area contributed by atoms with Crippen molar-refractivity contribution >= 4 is 11.5 Å². The minimum absolute atomic E-state index is 0.379. The summed E-state index contributed by atoms with van der Waals surface area (Å²) in [4.78, 5) is 4.94. The first kappa shape index (κ1) is 35.0. The first-order valence-corrected chi connectivity index (χ1v) is 19.7. The molecule has 0 heterocycles. The zero-order valence-electron chi connectivity index (χ0n) is 31.5. The molecule has 7 aromatic carbocycles. The fraction of sp³-hybridized carbons (Fsp3) is 0.0926. The molecule has 1 atom stereocenters. The minimum Gasteiger partial charge on any atom is -0.383 e. The Kier molecular flexibility index (Phi) is 9.70. The Hall–Kier alpha value is -6.77. The predicted octanol–water partition coefficient (Wildman–Crippen LogP) is 13.0. The van der Waals surface area contributed by atoms with E-state index in [0.717, 1.165) is 41.6 Å². The van der Waals surface area contributed by atoms with Crippen LogP contribution >= 0.6 is 0 Å². The van der Waals surface area contributed by atoms with E-state index in [1.165, 1.54) is 62.1 Å². The number of fused-ring (bicyclic) bond motifs is 3. The highest BCUT2D eigenvalue weighted by Crippen LogP contribution is 2.59. The van der Waals surface area contributed by atoms with Gasteiger partial charge in [0.1, 0.15) is 5.84 Å². The van der Waals surface area contributed by atoms with Gasteiger partial charge in [-0.05, 0) is 92.5 Å². The Balaban J connectivity index is 1.07. The second-order valence-electron chi connectivity index (χ2n) is 14.7. The summed E-state index contributed by atoms with van der Waals surface area (Å²) >= 11 is 0. The molecule has 0 saturated carbocycles. The maximum atomic E-state index is 6.54. The van der Waals surface area contributed by atoms with Crippen molar-refractivity contribution in [3.8, 4) is 33.4 Å². The van der Waals surface area contributed by atoms with Gasteiger partial charge in [-0.2, -0.15) is 0 Å². The molecule has 0 bridgehead atoms. The molecular formula is C54H44N2. The number of nitrogens with two attached hydrogens (primary N) is 1. The number of hydrogen-bond acceptors (Lipinski definition) is 1. The third kappa shape index (κ3) is 6.54. The summed E-state index contributed by atoms with van der Waals surface area (Å²) in [6.45, 7) is 0. The fourth-order valence-corrected chi connectivity index (χ4v) is 8.63. The van der Waals surface area contributed by atoms with E-state index in [-0.39, 0.29) is 5.41 Å². The predicted molar refractivity (Wildman–Crippen MR) is 235 cm³/mol. The van der Waals surface area contributed by atoms with Gasteiger partial charge >= 0.3 is 0 Å². The molecule has 0 aromatic heterocycles. The number of rotatable bonds is 9. The van der Waals surface area contributed by atoms with Crippen molar-refractivity contribution in [1.29, 1.82) is 0 Å². The van der Waals surface area contributed by atoms with Crippen LogP contribution in [0.2, 0.25) is 0 Å². The molecule has 270 valence electrons. The molecule has 0 spiro atoms. The van der Waals surface area contributed by atoms with E-state index in [1.807, 2.05) is 36.4 Å². The summed E-state index contributed by atoms with van der Waals surface area (Å²) in [7, 11) is 0. The number of benzene rings is 7. The van der Waals surface area contributed by atoms with Gasteiger partial charge in [0.15, 0.2) is 0 Å². The first-order valence-electron chi connectivity index (χ1n) is 19.7. The molecule has 0 amide bonds.